The molecule has 1 heterocycles. The molecule has 0 bridgehead atoms. The molecule has 0 aliphatic carbocycles. The Morgan fingerprint density at radius 2 is 1.35 bits per heavy atom. The number of aryl methyl sites for hydroxylation is 1. The van der Waals surface area contributed by atoms with Gasteiger partial charge < -0.3 is 0 Å². The van der Waals surface area contributed by atoms with Crippen LogP contribution in [-0.4, -0.2) is 4.98 Å². The normalized spacial score (nSPS) is 7.71. The van der Waals surface area contributed by atoms with Gasteiger partial charge in [-0.05, 0) is 24.4 Å². The second-order valence-electron chi connectivity index (χ2n) is 2.73. The van der Waals surface area contributed by atoms with Gasteiger partial charge in [0.15, 0.2) is 0 Å². The summed E-state index contributed by atoms with van der Waals surface area (Å²) < 4.78 is 0. The van der Waals surface area contributed by atoms with Crippen LogP contribution in [0, 0.1) is 6.92 Å². The van der Waals surface area contributed by atoms with Gasteiger partial charge in [0.25, 0.3) is 0 Å². The molecule has 1 aromatic carbocycles. The lowest BCUT2D eigenvalue weighted by Crippen LogP contribution is -1.75. The topological polar surface area (TPSA) is 12.9 Å². The average molecular weight is 233 g/mol. The van der Waals surface area contributed by atoms with E-state index in [9.17, 15) is 0 Å². The number of hydrogen-bond acceptors (Lipinski definition) is 1. The zero-order valence-electron chi connectivity index (χ0n) is 12.4. The van der Waals surface area contributed by atoms with E-state index >= 15 is 0 Å². The average Bonchev–Trinajstić information content (AvgIpc) is 2.45. The summed E-state index contributed by atoms with van der Waals surface area (Å²) in [7, 11) is 0. The number of benzene rings is 1. The first-order chi connectivity index (χ1) is 8.36. The van der Waals surface area contributed by atoms with Gasteiger partial charge in [-0.3, -0.25) is 4.98 Å². The number of nitrogens with zero attached hydrogens (tertiary/aromatic N) is 1. The van der Waals surface area contributed by atoms with Crippen LogP contribution in [0.2, 0.25) is 0 Å². The van der Waals surface area contributed by atoms with Gasteiger partial charge in [0.1, 0.15) is 0 Å². The van der Waals surface area contributed by atoms with Crippen LogP contribution in [0.15, 0.2) is 36.7 Å². The van der Waals surface area contributed by atoms with Crippen molar-refractivity contribution in [2.75, 3.05) is 0 Å². The van der Waals surface area contributed by atoms with E-state index in [2.05, 4.69) is 30.1 Å². The van der Waals surface area contributed by atoms with E-state index in [-0.39, 0.29) is 0 Å². The molecule has 2 aromatic rings. The largest absolute Gasteiger partial charge is 0.264 e. The maximum absolute atomic E-state index is 4.05. The van der Waals surface area contributed by atoms with Crippen LogP contribution in [-0.2, 0) is 0 Å². The molecule has 0 aliphatic heterocycles. The minimum atomic E-state index is 1.22. The van der Waals surface area contributed by atoms with E-state index in [0.29, 0.717) is 0 Å². The van der Waals surface area contributed by atoms with Crippen LogP contribution in [0.3, 0.4) is 0 Å². The Morgan fingerprint density at radius 3 is 1.94 bits per heavy atom. The molecule has 0 amide bonds. The number of fused-ring (bicyclic) bond motifs is 1. The molecular weight excluding hydrogens is 206 g/mol. The second-order valence-corrected chi connectivity index (χ2v) is 2.73. The molecule has 2 rings (SSSR count). The summed E-state index contributed by atoms with van der Waals surface area (Å²) in [5.74, 6) is 0. The van der Waals surface area contributed by atoms with Gasteiger partial charge in [-0.1, -0.05) is 59.2 Å². The van der Waals surface area contributed by atoms with Crippen molar-refractivity contribution in [3.8, 4) is 0 Å². The Labute approximate surface area is 107 Å². The van der Waals surface area contributed by atoms with Crippen molar-refractivity contribution in [3.05, 3.63) is 42.2 Å². The molecule has 0 unspecified atom stereocenters. The van der Waals surface area contributed by atoms with Gasteiger partial charge in [-0.15, -0.1) is 0 Å². The third-order valence-corrected chi connectivity index (χ3v) is 1.80. The summed E-state index contributed by atoms with van der Waals surface area (Å²) in [5, 5.41) is 2.47. The predicted molar refractivity (Wildman–Crippen MR) is 80.5 cm³/mol. The van der Waals surface area contributed by atoms with Crippen molar-refractivity contribution >= 4 is 10.8 Å². The molecule has 0 atom stereocenters. The van der Waals surface area contributed by atoms with Crippen molar-refractivity contribution < 1.29 is 0 Å². The number of pyridine rings is 1. The molecule has 0 fully saturated rings. The quantitative estimate of drug-likeness (QED) is 0.575. The highest BCUT2D eigenvalue weighted by atomic mass is 14.6. The Bertz CT molecular complexity index is 380. The van der Waals surface area contributed by atoms with Crippen LogP contribution < -0.4 is 0 Å². The summed E-state index contributed by atoms with van der Waals surface area (Å²) >= 11 is 0. The standard InChI is InChI=1S/C10H9N.3C2H6/c1-8-2-3-9-4-5-11-7-10(9)6-8;3*1-2/h2-7H,1H3;3*1-2H3. The summed E-state index contributed by atoms with van der Waals surface area (Å²) in [6.07, 6.45) is 3.71. The highest BCUT2D eigenvalue weighted by Crippen LogP contribution is 2.12. The SMILES string of the molecule is CC.CC.CC.Cc1ccc2ccncc2c1. The smallest absolute Gasteiger partial charge is 0.0346 e. The Hall–Kier alpha value is -1.37. The lowest BCUT2D eigenvalue weighted by Gasteiger charge is -1.96. The number of hydrogen-bond donors (Lipinski definition) is 0. The molecule has 1 nitrogen and oxygen atoms in total. The highest BCUT2D eigenvalue weighted by Gasteiger charge is 1.90. The fourth-order valence-electron chi connectivity index (χ4n) is 1.20. The molecule has 96 valence electrons. The van der Waals surface area contributed by atoms with Gasteiger partial charge in [0.2, 0.25) is 0 Å². The molecule has 17 heavy (non-hydrogen) atoms. The first kappa shape index (κ1) is 18.0. The zero-order chi connectivity index (χ0) is 13.7. The lowest BCUT2D eigenvalue weighted by atomic mass is 10.1. The summed E-state index contributed by atoms with van der Waals surface area (Å²) in [5.41, 5.74) is 1.28. The Balaban J connectivity index is 0. The Morgan fingerprint density at radius 1 is 0.765 bits per heavy atom. The van der Waals surface area contributed by atoms with Gasteiger partial charge in [0.05, 0.1) is 0 Å². The van der Waals surface area contributed by atoms with Crippen LogP contribution in [0.5, 0.6) is 0 Å². The third kappa shape index (κ3) is 6.72. The number of rotatable bonds is 0. The Kier molecular flexibility index (Phi) is 13.5. The maximum Gasteiger partial charge on any atom is 0.0346 e. The monoisotopic (exact) mass is 233 g/mol. The third-order valence-electron chi connectivity index (χ3n) is 1.80. The van der Waals surface area contributed by atoms with Gasteiger partial charge in [-0.25, -0.2) is 0 Å². The van der Waals surface area contributed by atoms with Crippen molar-refractivity contribution in [3.63, 3.8) is 0 Å². The predicted octanol–water partition coefficient (Wildman–Crippen LogP) is 5.62. The summed E-state index contributed by atoms with van der Waals surface area (Å²) in [6.45, 7) is 14.1. The van der Waals surface area contributed by atoms with E-state index in [1.165, 1.54) is 16.3 Å². The second kappa shape index (κ2) is 12.7. The van der Waals surface area contributed by atoms with Crippen LogP contribution in [0.25, 0.3) is 10.8 Å². The fourth-order valence-corrected chi connectivity index (χ4v) is 1.20. The minimum absolute atomic E-state index is 1.22. The molecule has 0 aliphatic rings. The summed E-state index contributed by atoms with van der Waals surface area (Å²) in [6, 6.07) is 8.39. The molecular formula is C16H27N. The zero-order valence-corrected chi connectivity index (χ0v) is 12.4. The van der Waals surface area contributed by atoms with Crippen molar-refractivity contribution in [1.29, 1.82) is 0 Å². The van der Waals surface area contributed by atoms with Crippen molar-refractivity contribution in [2.24, 2.45) is 0 Å². The minimum Gasteiger partial charge on any atom is -0.264 e. The molecule has 0 radical (unpaired) electrons. The molecule has 0 saturated carbocycles. The van der Waals surface area contributed by atoms with Gasteiger partial charge >= 0.3 is 0 Å². The maximum atomic E-state index is 4.05. The first-order valence-electron chi connectivity index (χ1n) is 6.67. The molecule has 0 saturated heterocycles. The van der Waals surface area contributed by atoms with Crippen LogP contribution in [0.4, 0.5) is 0 Å². The van der Waals surface area contributed by atoms with E-state index in [4.69, 9.17) is 0 Å². The molecule has 1 heteroatoms. The van der Waals surface area contributed by atoms with Crippen molar-refractivity contribution in [1.82, 2.24) is 4.98 Å². The van der Waals surface area contributed by atoms with E-state index in [0.717, 1.165) is 0 Å². The lowest BCUT2D eigenvalue weighted by molar-refractivity contribution is 1.36. The molecule has 1 aromatic heterocycles. The summed E-state index contributed by atoms with van der Waals surface area (Å²) in [4.78, 5) is 4.05. The van der Waals surface area contributed by atoms with E-state index in [1.54, 1.807) is 0 Å². The van der Waals surface area contributed by atoms with Crippen LogP contribution in [0.1, 0.15) is 47.1 Å². The van der Waals surface area contributed by atoms with E-state index in [1.807, 2.05) is 60.0 Å². The highest BCUT2D eigenvalue weighted by molar-refractivity contribution is 5.81. The van der Waals surface area contributed by atoms with Gasteiger partial charge in [0, 0.05) is 17.8 Å². The number of aromatic nitrogens is 1. The fraction of sp³-hybridized carbons (Fsp3) is 0.438. The van der Waals surface area contributed by atoms with Gasteiger partial charge in [-0.2, -0.15) is 0 Å². The molecule has 0 spiro atoms. The first-order valence-corrected chi connectivity index (χ1v) is 6.67. The molecule has 0 N–H and O–H groups in total. The van der Waals surface area contributed by atoms with Crippen molar-refractivity contribution in [2.45, 2.75) is 48.5 Å². The van der Waals surface area contributed by atoms with Crippen LogP contribution >= 0.6 is 0 Å². The van der Waals surface area contributed by atoms with E-state index < -0.39 is 0 Å².